The van der Waals surface area contributed by atoms with Crippen molar-refractivity contribution in [3.63, 3.8) is 0 Å². The Morgan fingerprint density at radius 1 is 1.29 bits per heavy atom. The number of carbonyl (C=O) groups is 1. The van der Waals surface area contributed by atoms with Gasteiger partial charge in [0.05, 0.1) is 6.10 Å². The summed E-state index contributed by atoms with van der Waals surface area (Å²) in [5, 5.41) is 10.0. The Morgan fingerprint density at radius 2 is 1.88 bits per heavy atom. The molecule has 1 saturated heterocycles. The van der Waals surface area contributed by atoms with E-state index in [9.17, 15) is 9.90 Å². The van der Waals surface area contributed by atoms with E-state index >= 15 is 0 Å². The quantitative estimate of drug-likeness (QED) is 0.804. The van der Waals surface area contributed by atoms with Gasteiger partial charge < -0.3 is 14.7 Å². The van der Waals surface area contributed by atoms with Gasteiger partial charge in [-0.15, -0.1) is 0 Å². The molecule has 0 aromatic rings. The molecule has 0 bridgehead atoms. The fraction of sp³-hybridized carbons (Fsp3) is 0.923. The van der Waals surface area contributed by atoms with Gasteiger partial charge in [0.25, 0.3) is 0 Å². The van der Waals surface area contributed by atoms with Crippen LogP contribution in [-0.2, 0) is 4.74 Å². The van der Waals surface area contributed by atoms with Gasteiger partial charge in [0.15, 0.2) is 0 Å². The summed E-state index contributed by atoms with van der Waals surface area (Å²) in [7, 11) is 0. The second-order valence-electron chi connectivity index (χ2n) is 6.33. The molecule has 1 heterocycles. The summed E-state index contributed by atoms with van der Waals surface area (Å²) >= 11 is 0. The monoisotopic (exact) mass is 241 g/mol. The van der Waals surface area contributed by atoms with Gasteiger partial charge >= 0.3 is 6.09 Å². The summed E-state index contributed by atoms with van der Waals surface area (Å²) in [5.74, 6) is 0.730. The molecule has 4 nitrogen and oxygen atoms in total. The summed E-state index contributed by atoms with van der Waals surface area (Å²) in [4.78, 5) is 13.4. The van der Waals surface area contributed by atoms with Crippen LogP contribution in [0.5, 0.6) is 0 Å². The maximum Gasteiger partial charge on any atom is 0.410 e. The number of nitrogens with zero attached hydrogens (tertiary/aromatic N) is 1. The number of hydrogen-bond acceptors (Lipinski definition) is 3. The zero-order valence-electron chi connectivity index (χ0n) is 11.0. The molecule has 2 aliphatic rings. The molecule has 0 radical (unpaired) electrons. The number of aliphatic hydroxyl groups is 1. The normalized spacial score (nSPS) is 23.9. The van der Waals surface area contributed by atoms with Crippen molar-refractivity contribution >= 4 is 6.09 Å². The second kappa shape index (κ2) is 4.48. The number of amides is 1. The van der Waals surface area contributed by atoms with Crippen molar-refractivity contribution in [3.05, 3.63) is 0 Å². The average Bonchev–Trinajstić information content (AvgIpc) is 1.92. The van der Waals surface area contributed by atoms with Gasteiger partial charge in [-0.3, -0.25) is 0 Å². The first-order valence-electron chi connectivity index (χ1n) is 6.53. The smallest absolute Gasteiger partial charge is 0.410 e. The molecule has 1 atom stereocenters. The highest BCUT2D eigenvalue weighted by atomic mass is 16.6. The third-order valence-corrected chi connectivity index (χ3v) is 3.68. The number of rotatable bonds is 2. The maximum atomic E-state index is 11.7. The molecule has 2 rings (SSSR count). The van der Waals surface area contributed by atoms with Gasteiger partial charge in [-0.1, -0.05) is 6.42 Å². The molecule has 98 valence electrons. The molecule has 1 aliphatic heterocycles. The van der Waals surface area contributed by atoms with E-state index in [1.54, 1.807) is 4.90 Å². The fourth-order valence-corrected chi connectivity index (χ4v) is 2.37. The van der Waals surface area contributed by atoms with Crippen molar-refractivity contribution in [2.75, 3.05) is 13.1 Å². The molecule has 1 saturated carbocycles. The molecule has 1 amide bonds. The second-order valence-corrected chi connectivity index (χ2v) is 6.33. The third-order valence-electron chi connectivity index (χ3n) is 3.68. The largest absolute Gasteiger partial charge is 0.444 e. The first-order valence-corrected chi connectivity index (χ1v) is 6.53. The van der Waals surface area contributed by atoms with E-state index < -0.39 is 5.60 Å². The summed E-state index contributed by atoms with van der Waals surface area (Å²) in [5.41, 5.74) is -0.436. The highest BCUT2D eigenvalue weighted by Gasteiger charge is 2.41. The van der Waals surface area contributed by atoms with Crippen LogP contribution >= 0.6 is 0 Å². The van der Waals surface area contributed by atoms with Crippen LogP contribution < -0.4 is 0 Å². The van der Waals surface area contributed by atoms with Gasteiger partial charge in [-0.2, -0.15) is 0 Å². The van der Waals surface area contributed by atoms with Gasteiger partial charge in [-0.25, -0.2) is 4.79 Å². The molecule has 1 unspecified atom stereocenters. The Labute approximate surface area is 103 Å². The summed E-state index contributed by atoms with van der Waals surface area (Å²) in [6.07, 6.45) is 3.05. The summed E-state index contributed by atoms with van der Waals surface area (Å²) < 4.78 is 5.28. The Balaban J connectivity index is 1.72. The van der Waals surface area contributed by atoms with Crippen LogP contribution in [0.3, 0.4) is 0 Å². The van der Waals surface area contributed by atoms with Crippen LogP contribution in [0.25, 0.3) is 0 Å². The van der Waals surface area contributed by atoms with Crippen molar-refractivity contribution in [1.29, 1.82) is 0 Å². The van der Waals surface area contributed by atoms with E-state index in [0.29, 0.717) is 19.0 Å². The summed E-state index contributed by atoms with van der Waals surface area (Å²) in [6, 6.07) is 0. The van der Waals surface area contributed by atoms with Gasteiger partial charge in [0.1, 0.15) is 5.60 Å². The number of ether oxygens (including phenoxy) is 1. The van der Waals surface area contributed by atoms with E-state index in [2.05, 4.69) is 0 Å². The molecule has 4 heteroatoms. The zero-order valence-corrected chi connectivity index (χ0v) is 11.0. The number of aliphatic hydroxyl groups excluding tert-OH is 1. The lowest BCUT2D eigenvalue weighted by Crippen LogP contribution is -2.57. The van der Waals surface area contributed by atoms with E-state index in [1.807, 2.05) is 20.8 Å². The Kier molecular flexibility index (Phi) is 3.34. The minimum Gasteiger partial charge on any atom is -0.444 e. The lowest BCUT2D eigenvalue weighted by atomic mass is 9.74. The Bertz CT molecular complexity index is 288. The highest BCUT2D eigenvalue weighted by molar-refractivity contribution is 5.69. The van der Waals surface area contributed by atoms with E-state index in [-0.39, 0.29) is 18.1 Å². The minimum absolute atomic E-state index is 0.220. The zero-order chi connectivity index (χ0) is 12.6. The van der Waals surface area contributed by atoms with Crippen LogP contribution in [0.1, 0.15) is 40.0 Å². The molecule has 0 spiro atoms. The molecular formula is C13H23NO3. The SMILES string of the molecule is CC(C)(C)OC(=O)N1CC(C(O)C2CCC2)C1. The van der Waals surface area contributed by atoms with Crippen molar-refractivity contribution < 1.29 is 14.6 Å². The molecule has 17 heavy (non-hydrogen) atoms. The van der Waals surface area contributed by atoms with Crippen molar-refractivity contribution in [2.24, 2.45) is 11.8 Å². The van der Waals surface area contributed by atoms with Crippen molar-refractivity contribution in [3.8, 4) is 0 Å². The number of hydrogen-bond donors (Lipinski definition) is 1. The van der Waals surface area contributed by atoms with Crippen molar-refractivity contribution in [2.45, 2.75) is 51.7 Å². The number of carbonyl (C=O) groups excluding carboxylic acids is 1. The first-order chi connectivity index (χ1) is 7.87. The lowest BCUT2D eigenvalue weighted by molar-refractivity contribution is -0.0598. The van der Waals surface area contributed by atoms with Crippen LogP contribution in [0.4, 0.5) is 4.79 Å². The lowest BCUT2D eigenvalue weighted by Gasteiger charge is -2.45. The molecule has 1 N–H and O–H groups in total. The summed E-state index contributed by atoms with van der Waals surface area (Å²) in [6.45, 7) is 6.89. The molecule has 1 aliphatic carbocycles. The fourth-order valence-electron chi connectivity index (χ4n) is 2.37. The van der Waals surface area contributed by atoms with Crippen LogP contribution in [0, 0.1) is 11.8 Å². The average molecular weight is 241 g/mol. The van der Waals surface area contributed by atoms with Crippen LogP contribution in [-0.4, -0.2) is 40.9 Å². The van der Waals surface area contributed by atoms with E-state index in [4.69, 9.17) is 4.74 Å². The topological polar surface area (TPSA) is 49.8 Å². The highest BCUT2D eigenvalue weighted by Crippen LogP contribution is 2.35. The number of likely N-dealkylation sites (tertiary alicyclic amines) is 1. The molecule has 0 aromatic heterocycles. The van der Waals surface area contributed by atoms with Gasteiger partial charge in [0.2, 0.25) is 0 Å². The first kappa shape index (κ1) is 12.7. The molecule has 0 aromatic carbocycles. The predicted molar refractivity (Wildman–Crippen MR) is 64.6 cm³/mol. The Morgan fingerprint density at radius 3 is 2.29 bits per heavy atom. The molecule has 2 fully saturated rings. The standard InChI is InChI=1S/C13H23NO3/c1-13(2,3)17-12(16)14-7-10(8-14)11(15)9-5-4-6-9/h9-11,15H,4-8H2,1-3H3. The van der Waals surface area contributed by atoms with Crippen molar-refractivity contribution in [1.82, 2.24) is 4.90 Å². The minimum atomic E-state index is -0.436. The van der Waals surface area contributed by atoms with E-state index in [0.717, 1.165) is 12.8 Å². The Hall–Kier alpha value is -0.770. The third kappa shape index (κ3) is 2.92. The van der Waals surface area contributed by atoms with Crippen LogP contribution in [0.15, 0.2) is 0 Å². The van der Waals surface area contributed by atoms with Gasteiger partial charge in [0, 0.05) is 19.0 Å². The van der Waals surface area contributed by atoms with Crippen LogP contribution in [0.2, 0.25) is 0 Å². The predicted octanol–water partition coefficient (Wildman–Crippen LogP) is 2.01. The maximum absolute atomic E-state index is 11.7. The van der Waals surface area contributed by atoms with Gasteiger partial charge in [-0.05, 0) is 39.5 Å². The molecular weight excluding hydrogens is 218 g/mol. The van der Waals surface area contributed by atoms with E-state index in [1.165, 1.54) is 6.42 Å².